The molecule has 1 unspecified atom stereocenters. The highest BCUT2D eigenvalue weighted by Crippen LogP contribution is 2.25. The first-order chi connectivity index (χ1) is 12.8. The molecule has 3 nitrogen and oxygen atoms in total. The van der Waals surface area contributed by atoms with E-state index in [0.717, 1.165) is 25.7 Å². The molecule has 3 heteroatoms. The molecule has 0 bridgehead atoms. The third-order valence-electron chi connectivity index (χ3n) is 4.83. The lowest BCUT2D eigenvalue weighted by atomic mass is 9.87. The molecule has 0 aliphatic heterocycles. The number of aryl methyl sites for hydroxylation is 2. The Labute approximate surface area is 163 Å². The SMILES string of the molecule is Cc1ccc(CCCCCC(Oc2ccc(C(C)(C)C)cc2)C(=O)O)cc1. The summed E-state index contributed by atoms with van der Waals surface area (Å²) < 4.78 is 5.72. The Kier molecular flexibility index (Phi) is 7.46. The summed E-state index contributed by atoms with van der Waals surface area (Å²) in [6.45, 7) is 8.55. The molecule has 0 saturated heterocycles. The van der Waals surface area contributed by atoms with Crippen LogP contribution in [0, 0.1) is 6.92 Å². The minimum Gasteiger partial charge on any atom is -0.479 e. The van der Waals surface area contributed by atoms with Crippen LogP contribution >= 0.6 is 0 Å². The summed E-state index contributed by atoms with van der Waals surface area (Å²) in [4.78, 5) is 11.5. The van der Waals surface area contributed by atoms with Crippen molar-refractivity contribution in [3.05, 3.63) is 65.2 Å². The van der Waals surface area contributed by atoms with E-state index in [1.165, 1.54) is 16.7 Å². The number of carboxylic acid groups (broad SMARTS) is 1. The summed E-state index contributed by atoms with van der Waals surface area (Å²) in [5.41, 5.74) is 3.89. The van der Waals surface area contributed by atoms with Crippen molar-refractivity contribution in [3.8, 4) is 5.75 Å². The van der Waals surface area contributed by atoms with E-state index in [1.54, 1.807) is 0 Å². The van der Waals surface area contributed by atoms with E-state index in [0.29, 0.717) is 12.2 Å². The first-order valence-corrected chi connectivity index (χ1v) is 9.81. The van der Waals surface area contributed by atoms with E-state index in [1.807, 2.05) is 24.3 Å². The lowest BCUT2D eigenvalue weighted by molar-refractivity contribution is -0.145. The minimum absolute atomic E-state index is 0.0716. The Balaban J connectivity index is 1.78. The van der Waals surface area contributed by atoms with Crippen LogP contribution in [0.5, 0.6) is 5.75 Å². The first-order valence-electron chi connectivity index (χ1n) is 9.81. The molecule has 0 saturated carbocycles. The number of carboxylic acids is 1. The second kappa shape index (κ2) is 9.59. The van der Waals surface area contributed by atoms with Crippen LogP contribution in [-0.4, -0.2) is 17.2 Å². The van der Waals surface area contributed by atoms with Gasteiger partial charge in [-0.05, 0) is 61.3 Å². The van der Waals surface area contributed by atoms with Gasteiger partial charge >= 0.3 is 5.97 Å². The molecule has 0 aromatic heterocycles. The van der Waals surface area contributed by atoms with Crippen molar-refractivity contribution < 1.29 is 14.6 Å². The van der Waals surface area contributed by atoms with Gasteiger partial charge in [0.1, 0.15) is 5.75 Å². The molecule has 0 aliphatic carbocycles. The van der Waals surface area contributed by atoms with Gasteiger partial charge in [0.15, 0.2) is 6.10 Å². The molecule has 27 heavy (non-hydrogen) atoms. The zero-order valence-electron chi connectivity index (χ0n) is 17.0. The second-order valence-electron chi connectivity index (χ2n) is 8.30. The number of hydrogen-bond acceptors (Lipinski definition) is 2. The average molecular weight is 369 g/mol. The zero-order chi connectivity index (χ0) is 19.9. The molecule has 2 aromatic carbocycles. The Bertz CT molecular complexity index is 709. The van der Waals surface area contributed by atoms with E-state index in [4.69, 9.17) is 4.74 Å². The minimum atomic E-state index is -0.895. The summed E-state index contributed by atoms with van der Waals surface area (Å²) in [7, 11) is 0. The molecule has 2 aromatic rings. The van der Waals surface area contributed by atoms with E-state index in [2.05, 4.69) is 52.0 Å². The molecule has 146 valence electrons. The highest BCUT2D eigenvalue weighted by molar-refractivity contribution is 5.72. The van der Waals surface area contributed by atoms with Crippen LogP contribution in [0.1, 0.15) is 63.1 Å². The van der Waals surface area contributed by atoms with Crippen molar-refractivity contribution in [3.63, 3.8) is 0 Å². The van der Waals surface area contributed by atoms with Crippen LogP contribution < -0.4 is 4.74 Å². The fourth-order valence-electron chi connectivity index (χ4n) is 3.02. The van der Waals surface area contributed by atoms with E-state index < -0.39 is 12.1 Å². The van der Waals surface area contributed by atoms with Crippen molar-refractivity contribution in [2.75, 3.05) is 0 Å². The lowest BCUT2D eigenvalue weighted by Crippen LogP contribution is -2.27. The summed E-state index contributed by atoms with van der Waals surface area (Å²) in [6, 6.07) is 16.4. The van der Waals surface area contributed by atoms with Crippen LogP contribution in [0.25, 0.3) is 0 Å². The Morgan fingerprint density at radius 3 is 2.15 bits per heavy atom. The summed E-state index contributed by atoms with van der Waals surface area (Å²) in [5, 5.41) is 9.45. The Morgan fingerprint density at radius 1 is 0.963 bits per heavy atom. The van der Waals surface area contributed by atoms with Crippen molar-refractivity contribution in [1.29, 1.82) is 0 Å². The predicted molar refractivity (Wildman–Crippen MR) is 111 cm³/mol. The second-order valence-corrected chi connectivity index (χ2v) is 8.30. The van der Waals surface area contributed by atoms with Crippen molar-refractivity contribution in [1.82, 2.24) is 0 Å². The largest absolute Gasteiger partial charge is 0.479 e. The summed E-state index contributed by atoms with van der Waals surface area (Å²) in [5.74, 6) is -0.275. The average Bonchev–Trinajstić information content (AvgIpc) is 2.61. The molecule has 0 aliphatic rings. The van der Waals surface area contributed by atoms with Gasteiger partial charge in [0.05, 0.1) is 0 Å². The van der Waals surface area contributed by atoms with Gasteiger partial charge in [-0.25, -0.2) is 4.79 Å². The number of hydrogen-bond donors (Lipinski definition) is 1. The Hall–Kier alpha value is -2.29. The highest BCUT2D eigenvalue weighted by Gasteiger charge is 2.19. The third kappa shape index (κ3) is 7.09. The van der Waals surface area contributed by atoms with Gasteiger partial charge in [0, 0.05) is 0 Å². The van der Waals surface area contributed by atoms with E-state index in [9.17, 15) is 9.90 Å². The van der Waals surface area contributed by atoms with Crippen LogP contribution in [0.3, 0.4) is 0 Å². The molecule has 1 N–H and O–H groups in total. The smallest absolute Gasteiger partial charge is 0.344 e. The molecule has 2 rings (SSSR count). The van der Waals surface area contributed by atoms with Gasteiger partial charge in [0.25, 0.3) is 0 Å². The van der Waals surface area contributed by atoms with Crippen LogP contribution in [0.2, 0.25) is 0 Å². The quantitative estimate of drug-likeness (QED) is 0.558. The van der Waals surface area contributed by atoms with Crippen molar-refractivity contribution >= 4 is 5.97 Å². The highest BCUT2D eigenvalue weighted by atomic mass is 16.5. The summed E-state index contributed by atoms with van der Waals surface area (Å²) in [6.07, 6.45) is 3.70. The fraction of sp³-hybridized carbons (Fsp3) is 0.458. The van der Waals surface area contributed by atoms with E-state index >= 15 is 0 Å². The number of rotatable bonds is 9. The number of carbonyl (C=O) groups is 1. The third-order valence-corrected chi connectivity index (χ3v) is 4.83. The molecular formula is C24H32O3. The van der Waals surface area contributed by atoms with Gasteiger partial charge in [0.2, 0.25) is 0 Å². The topological polar surface area (TPSA) is 46.5 Å². The van der Waals surface area contributed by atoms with Gasteiger partial charge in [-0.15, -0.1) is 0 Å². The Morgan fingerprint density at radius 2 is 1.59 bits per heavy atom. The maximum Gasteiger partial charge on any atom is 0.344 e. The van der Waals surface area contributed by atoms with Gasteiger partial charge in [-0.3, -0.25) is 0 Å². The molecular weight excluding hydrogens is 336 g/mol. The van der Waals surface area contributed by atoms with E-state index in [-0.39, 0.29) is 5.41 Å². The fourth-order valence-corrected chi connectivity index (χ4v) is 3.02. The molecule has 0 radical (unpaired) electrons. The maximum absolute atomic E-state index is 11.5. The van der Waals surface area contributed by atoms with Crippen LogP contribution in [0.15, 0.2) is 48.5 Å². The monoisotopic (exact) mass is 368 g/mol. The van der Waals surface area contributed by atoms with Gasteiger partial charge < -0.3 is 9.84 Å². The summed E-state index contributed by atoms with van der Waals surface area (Å²) >= 11 is 0. The predicted octanol–water partition coefficient (Wildman–Crippen LogP) is 5.93. The van der Waals surface area contributed by atoms with Crippen LogP contribution in [0.4, 0.5) is 0 Å². The molecule has 0 fully saturated rings. The molecule has 1 atom stereocenters. The maximum atomic E-state index is 11.5. The molecule has 0 amide bonds. The number of ether oxygens (including phenoxy) is 1. The standard InChI is InChI=1S/C24H32O3/c1-18-10-12-19(13-11-18)8-6-5-7-9-22(23(25)26)27-21-16-14-20(15-17-21)24(2,3)4/h10-17,22H,5-9H2,1-4H3,(H,25,26). The lowest BCUT2D eigenvalue weighted by Gasteiger charge is -2.20. The number of benzene rings is 2. The first kappa shape index (κ1) is 21.0. The number of unbranched alkanes of at least 4 members (excludes halogenated alkanes) is 2. The van der Waals surface area contributed by atoms with Gasteiger partial charge in [-0.2, -0.15) is 0 Å². The van der Waals surface area contributed by atoms with Crippen molar-refractivity contribution in [2.45, 2.75) is 71.3 Å². The zero-order valence-corrected chi connectivity index (χ0v) is 17.0. The van der Waals surface area contributed by atoms with Gasteiger partial charge in [-0.1, -0.05) is 69.2 Å². The number of aliphatic carboxylic acids is 1. The molecule has 0 heterocycles. The van der Waals surface area contributed by atoms with Crippen LogP contribution in [-0.2, 0) is 16.6 Å². The van der Waals surface area contributed by atoms with Crippen molar-refractivity contribution in [2.24, 2.45) is 0 Å². The molecule has 0 spiro atoms. The normalized spacial score (nSPS) is 12.6.